The Morgan fingerprint density at radius 3 is 3.06 bits per heavy atom. The molecule has 0 saturated carbocycles. The fourth-order valence-corrected chi connectivity index (χ4v) is 3.15. The third-order valence-electron chi connectivity index (χ3n) is 2.65. The number of hydrogen-bond donors (Lipinski definition) is 0. The lowest BCUT2D eigenvalue weighted by Crippen LogP contribution is -2.20. The quantitative estimate of drug-likeness (QED) is 0.775. The van der Waals surface area contributed by atoms with Crippen molar-refractivity contribution in [3.8, 4) is 5.75 Å². The van der Waals surface area contributed by atoms with Crippen LogP contribution in [0.1, 0.15) is 27.9 Å². The summed E-state index contributed by atoms with van der Waals surface area (Å²) in [6.45, 7) is 0. The van der Waals surface area contributed by atoms with Crippen LogP contribution in [0, 0.1) is 0 Å². The van der Waals surface area contributed by atoms with Crippen LogP contribution in [0.3, 0.4) is 0 Å². The number of carbonyl (C=O) groups is 1. The van der Waals surface area contributed by atoms with E-state index in [1.807, 2.05) is 6.07 Å². The Labute approximate surface area is 121 Å². The summed E-state index contributed by atoms with van der Waals surface area (Å²) >= 11 is 10.6. The number of benzene rings is 1. The van der Waals surface area contributed by atoms with Crippen LogP contribution >= 0.6 is 38.9 Å². The standard InChI is InChI=1S/C12H7BrClNO2S/c13-6-1-2-7-8(16)4-10(17-9(7)3-6)12-15-5-11(14)18-12/h1-3,5,10H,4H2. The molecule has 1 aliphatic rings. The SMILES string of the molecule is O=C1CC(c2ncc(Cl)s2)Oc2cc(Br)ccc21. The zero-order valence-corrected chi connectivity index (χ0v) is 12.2. The Morgan fingerprint density at radius 2 is 2.33 bits per heavy atom. The summed E-state index contributed by atoms with van der Waals surface area (Å²) in [5, 5.41) is 0.735. The maximum atomic E-state index is 12.0. The van der Waals surface area contributed by atoms with Crippen LogP contribution in [0.2, 0.25) is 4.34 Å². The van der Waals surface area contributed by atoms with Crippen molar-refractivity contribution in [2.45, 2.75) is 12.5 Å². The third-order valence-corrected chi connectivity index (χ3v) is 4.36. The average molecular weight is 345 g/mol. The molecular formula is C12H7BrClNO2S. The highest BCUT2D eigenvalue weighted by molar-refractivity contribution is 9.10. The lowest BCUT2D eigenvalue weighted by atomic mass is 10.0. The summed E-state index contributed by atoms with van der Waals surface area (Å²) < 4.78 is 7.30. The molecule has 2 heterocycles. The van der Waals surface area contributed by atoms with Crippen LogP contribution in [-0.2, 0) is 0 Å². The van der Waals surface area contributed by atoms with Crippen molar-refractivity contribution in [1.82, 2.24) is 4.98 Å². The van der Waals surface area contributed by atoms with Gasteiger partial charge in [-0.2, -0.15) is 0 Å². The number of carbonyl (C=O) groups excluding carboxylic acids is 1. The monoisotopic (exact) mass is 343 g/mol. The molecule has 0 amide bonds. The van der Waals surface area contributed by atoms with Gasteiger partial charge in [0.15, 0.2) is 11.9 Å². The molecule has 1 aliphatic heterocycles. The minimum Gasteiger partial charge on any atom is -0.482 e. The molecule has 1 unspecified atom stereocenters. The molecule has 3 rings (SSSR count). The van der Waals surface area contributed by atoms with E-state index in [2.05, 4.69) is 20.9 Å². The number of ether oxygens (including phenoxy) is 1. The van der Waals surface area contributed by atoms with E-state index in [1.165, 1.54) is 11.3 Å². The van der Waals surface area contributed by atoms with Crippen LogP contribution in [-0.4, -0.2) is 10.8 Å². The Hall–Kier alpha value is -0.910. The highest BCUT2D eigenvalue weighted by atomic mass is 79.9. The summed E-state index contributed by atoms with van der Waals surface area (Å²) in [5.74, 6) is 0.664. The minimum atomic E-state index is -0.336. The molecule has 1 aromatic heterocycles. The molecule has 18 heavy (non-hydrogen) atoms. The number of nitrogens with zero attached hydrogens (tertiary/aromatic N) is 1. The first-order valence-electron chi connectivity index (χ1n) is 5.24. The van der Waals surface area contributed by atoms with Crippen LogP contribution in [0.4, 0.5) is 0 Å². The number of fused-ring (bicyclic) bond motifs is 1. The van der Waals surface area contributed by atoms with Gasteiger partial charge in [0.25, 0.3) is 0 Å². The summed E-state index contributed by atoms with van der Waals surface area (Å²) in [6.07, 6.45) is 1.54. The number of Topliss-reactive ketones (excluding diaryl/α,β-unsaturated/α-hetero) is 1. The lowest BCUT2D eigenvalue weighted by Gasteiger charge is -2.23. The van der Waals surface area contributed by atoms with Gasteiger partial charge < -0.3 is 4.74 Å². The first-order valence-corrected chi connectivity index (χ1v) is 7.23. The van der Waals surface area contributed by atoms with E-state index in [-0.39, 0.29) is 11.9 Å². The van der Waals surface area contributed by atoms with Crippen molar-refractivity contribution < 1.29 is 9.53 Å². The van der Waals surface area contributed by atoms with Crippen LogP contribution in [0.5, 0.6) is 5.75 Å². The summed E-state index contributed by atoms with van der Waals surface area (Å²) in [4.78, 5) is 16.2. The molecule has 1 atom stereocenters. The lowest BCUT2D eigenvalue weighted by molar-refractivity contribution is 0.0849. The Kier molecular flexibility index (Phi) is 3.13. The van der Waals surface area contributed by atoms with E-state index < -0.39 is 0 Å². The topological polar surface area (TPSA) is 39.2 Å². The van der Waals surface area contributed by atoms with Gasteiger partial charge in [-0.3, -0.25) is 4.79 Å². The average Bonchev–Trinajstić information content (AvgIpc) is 2.75. The largest absolute Gasteiger partial charge is 0.482 e. The summed E-state index contributed by atoms with van der Waals surface area (Å²) in [6, 6.07) is 5.40. The fourth-order valence-electron chi connectivity index (χ4n) is 1.85. The number of rotatable bonds is 1. The highest BCUT2D eigenvalue weighted by Crippen LogP contribution is 2.38. The molecule has 0 bridgehead atoms. The van der Waals surface area contributed by atoms with Crippen LogP contribution < -0.4 is 4.74 Å². The molecule has 0 spiro atoms. The zero-order chi connectivity index (χ0) is 12.7. The van der Waals surface area contributed by atoms with Gasteiger partial charge in [-0.15, -0.1) is 11.3 Å². The number of hydrogen-bond acceptors (Lipinski definition) is 4. The number of thiazole rings is 1. The van der Waals surface area contributed by atoms with Gasteiger partial charge in [0, 0.05) is 4.47 Å². The smallest absolute Gasteiger partial charge is 0.170 e. The molecule has 0 radical (unpaired) electrons. The highest BCUT2D eigenvalue weighted by Gasteiger charge is 2.29. The molecule has 0 aliphatic carbocycles. The van der Waals surface area contributed by atoms with E-state index in [0.717, 1.165) is 9.48 Å². The normalized spacial score (nSPS) is 18.3. The van der Waals surface area contributed by atoms with E-state index in [0.29, 0.717) is 22.1 Å². The fraction of sp³-hybridized carbons (Fsp3) is 0.167. The Balaban J connectivity index is 1.98. The van der Waals surface area contributed by atoms with Crippen molar-refractivity contribution in [3.05, 3.63) is 43.8 Å². The van der Waals surface area contributed by atoms with Crippen molar-refractivity contribution in [2.24, 2.45) is 0 Å². The van der Waals surface area contributed by atoms with Crippen LogP contribution in [0.15, 0.2) is 28.9 Å². The number of ketones is 1. The van der Waals surface area contributed by atoms with Crippen molar-refractivity contribution >= 4 is 44.7 Å². The van der Waals surface area contributed by atoms with E-state index >= 15 is 0 Å². The Bertz CT molecular complexity index is 628. The second-order valence-electron chi connectivity index (χ2n) is 3.88. The second-order valence-corrected chi connectivity index (χ2v) is 6.49. The molecule has 6 heteroatoms. The molecular weight excluding hydrogens is 338 g/mol. The van der Waals surface area contributed by atoms with Gasteiger partial charge >= 0.3 is 0 Å². The van der Waals surface area contributed by atoms with Gasteiger partial charge in [0.2, 0.25) is 0 Å². The minimum absolute atomic E-state index is 0.0695. The summed E-state index contributed by atoms with van der Waals surface area (Å²) in [7, 11) is 0. The molecule has 0 saturated heterocycles. The maximum Gasteiger partial charge on any atom is 0.170 e. The van der Waals surface area contributed by atoms with Crippen LogP contribution in [0.25, 0.3) is 0 Å². The first-order chi connectivity index (χ1) is 8.63. The number of halogens is 2. The summed E-state index contributed by atoms with van der Waals surface area (Å²) in [5.41, 5.74) is 0.622. The Morgan fingerprint density at radius 1 is 1.50 bits per heavy atom. The van der Waals surface area contributed by atoms with Crippen molar-refractivity contribution in [2.75, 3.05) is 0 Å². The van der Waals surface area contributed by atoms with E-state index in [9.17, 15) is 4.79 Å². The van der Waals surface area contributed by atoms with Gasteiger partial charge in [0.05, 0.1) is 18.2 Å². The van der Waals surface area contributed by atoms with Gasteiger partial charge in [-0.05, 0) is 18.2 Å². The molecule has 1 aromatic carbocycles. The molecule has 92 valence electrons. The molecule has 2 aromatic rings. The maximum absolute atomic E-state index is 12.0. The predicted octanol–water partition coefficient (Wildman–Crippen LogP) is 4.27. The van der Waals surface area contributed by atoms with Crippen molar-refractivity contribution in [1.29, 1.82) is 0 Å². The predicted molar refractivity (Wildman–Crippen MR) is 73.6 cm³/mol. The second kappa shape index (κ2) is 4.64. The molecule has 0 fully saturated rings. The first kappa shape index (κ1) is 12.1. The van der Waals surface area contributed by atoms with E-state index in [1.54, 1.807) is 18.3 Å². The van der Waals surface area contributed by atoms with Gasteiger partial charge in [0.1, 0.15) is 15.1 Å². The number of aromatic nitrogens is 1. The zero-order valence-electron chi connectivity index (χ0n) is 9.02. The van der Waals surface area contributed by atoms with Gasteiger partial charge in [-0.25, -0.2) is 4.98 Å². The van der Waals surface area contributed by atoms with Crippen molar-refractivity contribution in [3.63, 3.8) is 0 Å². The van der Waals surface area contributed by atoms with E-state index in [4.69, 9.17) is 16.3 Å². The molecule has 0 N–H and O–H groups in total. The third kappa shape index (κ3) is 2.18. The van der Waals surface area contributed by atoms with Gasteiger partial charge in [-0.1, -0.05) is 27.5 Å². The molecule has 3 nitrogen and oxygen atoms in total.